The number of fused-ring (bicyclic) bond motifs is 1. The van der Waals surface area contributed by atoms with E-state index in [9.17, 15) is 4.39 Å². The van der Waals surface area contributed by atoms with Crippen LogP contribution in [0.1, 0.15) is 43.4 Å². The number of hydrogen-bond donors (Lipinski definition) is 2. The smallest absolute Gasteiger partial charge is 0.123 e. The average Bonchev–Trinajstić information content (AvgIpc) is 3.53. The highest BCUT2D eigenvalue weighted by molar-refractivity contribution is 5.64. The third kappa shape index (κ3) is 4.38. The Hall–Kier alpha value is -3.63. The lowest BCUT2D eigenvalue weighted by Gasteiger charge is -2.31. The SMILES string of the molecule is C[C@H]1C2=CNN(c3ccc(F)cc3)C2=CC2=C1[C@@H](CC(NCc1ccccc1)c1ccccc1)CC2. The maximum Gasteiger partial charge on any atom is 0.123 e. The van der Waals surface area contributed by atoms with E-state index >= 15 is 0 Å². The number of hydrogen-bond acceptors (Lipinski definition) is 3. The first-order valence-electron chi connectivity index (χ1n) is 13.0. The number of halogens is 1. The van der Waals surface area contributed by atoms with E-state index < -0.39 is 0 Å². The van der Waals surface area contributed by atoms with Gasteiger partial charge in [-0.15, -0.1) is 0 Å². The molecule has 2 aliphatic carbocycles. The van der Waals surface area contributed by atoms with Gasteiger partial charge in [0.05, 0.1) is 11.4 Å². The Morgan fingerprint density at radius 2 is 1.69 bits per heavy atom. The van der Waals surface area contributed by atoms with Crippen LogP contribution in [0, 0.1) is 17.7 Å². The van der Waals surface area contributed by atoms with Gasteiger partial charge < -0.3 is 10.7 Å². The minimum Gasteiger partial charge on any atom is -0.306 e. The summed E-state index contributed by atoms with van der Waals surface area (Å²) in [5.74, 6) is 0.688. The van der Waals surface area contributed by atoms with Crippen molar-refractivity contribution >= 4 is 5.69 Å². The van der Waals surface area contributed by atoms with E-state index in [0.29, 0.717) is 17.9 Å². The summed E-state index contributed by atoms with van der Waals surface area (Å²) in [7, 11) is 0. The van der Waals surface area contributed by atoms with Crippen LogP contribution in [0.5, 0.6) is 0 Å². The van der Waals surface area contributed by atoms with Crippen molar-refractivity contribution in [1.82, 2.24) is 10.7 Å². The first kappa shape index (κ1) is 22.8. The van der Waals surface area contributed by atoms with Gasteiger partial charge in [-0.1, -0.05) is 73.2 Å². The van der Waals surface area contributed by atoms with Crippen LogP contribution in [0.3, 0.4) is 0 Å². The van der Waals surface area contributed by atoms with Crippen LogP contribution in [0.25, 0.3) is 0 Å². The molecule has 1 aliphatic heterocycles. The number of nitrogens with zero attached hydrogens (tertiary/aromatic N) is 1. The fourth-order valence-electron chi connectivity index (χ4n) is 6.11. The van der Waals surface area contributed by atoms with Gasteiger partial charge in [-0.2, -0.15) is 0 Å². The quantitative estimate of drug-likeness (QED) is 0.377. The maximum atomic E-state index is 13.5. The lowest BCUT2D eigenvalue weighted by Crippen LogP contribution is -2.30. The molecule has 36 heavy (non-hydrogen) atoms. The van der Waals surface area contributed by atoms with E-state index in [0.717, 1.165) is 25.1 Å². The molecule has 0 amide bonds. The lowest BCUT2D eigenvalue weighted by atomic mass is 9.78. The highest BCUT2D eigenvalue weighted by Gasteiger charge is 2.38. The third-order valence-corrected chi connectivity index (χ3v) is 7.90. The molecular weight excluding hydrogens is 445 g/mol. The third-order valence-electron chi connectivity index (χ3n) is 7.90. The highest BCUT2D eigenvalue weighted by atomic mass is 19.1. The molecule has 0 saturated heterocycles. The standard InChI is InChI=1S/C32H32FN3/c1-22-29-21-35-36(28-16-14-27(33)15-17-28)31(29)19-26-13-12-25(32(22)26)18-30(24-10-6-3-7-11-24)34-20-23-8-4-2-5-9-23/h2-11,14-17,19,21-22,25,30,34-35H,12-13,18,20H2,1H3/t22-,25+,30?/m0/s1. The van der Waals surface area contributed by atoms with Gasteiger partial charge in [-0.25, -0.2) is 4.39 Å². The fraction of sp³-hybridized carbons (Fsp3) is 0.250. The molecule has 3 aliphatic rings. The van der Waals surface area contributed by atoms with Gasteiger partial charge in [0.15, 0.2) is 0 Å². The second-order valence-corrected chi connectivity index (χ2v) is 10.1. The summed E-state index contributed by atoms with van der Waals surface area (Å²) in [4.78, 5) is 0. The second-order valence-electron chi connectivity index (χ2n) is 10.1. The molecule has 6 rings (SSSR count). The molecule has 0 bridgehead atoms. The van der Waals surface area contributed by atoms with Gasteiger partial charge >= 0.3 is 0 Å². The van der Waals surface area contributed by atoms with E-state index in [-0.39, 0.29) is 5.82 Å². The molecule has 4 heteroatoms. The number of nitrogens with one attached hydrogen (secondary N) is 2. The van der Waals surface area contributed by atoms with Gasteiger partial charge in [0.25, 0.3) is 0 Å². The van der Waals surface area contributed by atoms with Crippen molar-refractivity contribution in [2.45, 2.75) is 38.8 Å². The largest absolute Gasteiger partial charge is 0.306 e. The summed E-state index contributed by atoms with van der Waals surface area (Å²) in [5.41, 5.74) is 12.6. The van der Waals surface area contributed by atoms with Crippen molar-refractivity contribution in [3.05, 3.63) is 137 Å². The van der Waals surface area contributed by atoms with Gasteiger partial charge in [0, 0.05) is 30.3 Å². The number of benzene rings is 3. The molecule has 2 N–H and O–H groups in total. The summed E-state index contributed by atoms with van der Waals surface area (Å²) in [5, 5.41) is 5.95. The number of hydrazine groups is 1. The Bertz CT molecular complexity index is 1310. The van der Waals surface area contributed by atoms with Crippen LogP contribution in [-0.2, 0) is 6.54 Å². The molecule has 182 valence electrons. The zero-order chi connectivity index (χ0) is 24.5. The molecule has 3 nitrogen and oxygen atoms in total. The predicted molar refractivity (Wildman–Crippen MR) is 144 cm³/mol. The summed E-state index contributed by atoms with van der Waals surface area (Å²) >= 11 is 0. The molecule has 3 aromatic carbocycles. The maximum absolute atomic E-state index is 13.5. The summed E-state index contributed by atoms with van der Waals surface area (Å²) in [6.07, 6.45) is 7.87. The summed E-state index contributed by atoms with van der Waals surface area (Å²) < 4.78 is 13.5. The van der Waals surface area contributed by atoms with E-state index in [2.05, 4.69) is 95.6 Å². The first-order chi connectivity index (χ1) is 17.7. The Balaban J connectivity index is 1.25. The van der Waals surface area contributed by atoms with E-state index in [1.807, 2.05) is 12.1 Å². The van der Waals surface area contributed by atoms with Crippen molar-refractivity contribution in [3.8, 4) is 0 Å². The Labute approximate surface area is 213 Å². The Morgan fingerprint density at radius 3 is 2.44 bits per heavy atom. The van der Waals surface area contributed by atoms with Crippen molar-refractivity contribution < 1.29 is 4.39 Å². The van der Waals surface area contributed by atoms with E-state index in [4.69, 9.17) is 0 Å². The molecular formula is C32H32FN3. The van der Waals surface area contributed by atoms with Crippen LogP contribution in [0.4, 0.5) is 10.1 Å². The number of rotatable bonds is 7. The molecule has 0 fully saturated rings. The fourth-order valence-corrected chi connectivity index (χ4v) is 6.11. The zero-order valence-electron chi connectivity index (χ0n) is 20.6. The molecule has 0 aromatic heterocycles. The zero-order valence-corrected chi connectivity index (χ0v) is 20.6. The number of anilines is 1. The van der Waals surface area contributed by atoms with Gasteiger partial charge in [0.2, 0.25) is 0 Å². The Kier molecular flexibility index (Phi) is 6.20. The van der Waals surface area contributed by atoms with Crippen LogP contribution in [-0.4, -0.2) is 0 Å². The van der Waals surface area contributed by atoms with Gasteiger partial charge in [0.1, 0.15) is 5.82 Å². The van der Waals surface area contributed by atoms with Crippen molar-refractivity contribution in [1.29, 1.82) is 0 Å². The topological polar surface area (TPSA) is 27.3 Å². The first-order valence-corrected chi connectivity index (χ1v) is 13.0. The van der Waals surface area contributed by atoms with E-state index in [1.54, 1.807) is 5.57 Å². The van der Waals surface area contributed by atoms with Crippen molar-refractivity contribution in [2.75, 3.05) is 5.01 Å². The summed E-state index contributed by atoms with van der Waals surface area (Å²) in [6, 6.07) is 28.5. The van der Waals surface area contributed by atoms with Crippen LogP contribution in [0.2, 0.25) is 0 Å². The van der Waals surface area contributed by atoms with Crippen molar-refractivity contribution in [2.24, 2.45) is 11.8 Å². The van der Waals surface area contributed by atoms with Gasteiger partial charge in [-0.3, -0.25) is 5.01 Å². The average molecular weight is 478 g/mol. The van der Waals surface area contributed by atoms with Gasteiger partial charge in [-0.05, 0) is 72.2 Å². The molecule has 0 saturated carbocycles. The molecule has 3 atom stereocenters. The van der Waals surface area contributed by atoms with Crippen LogP contribution in [0.15, 0.2) is 120 Å². The Morgan fingerprint density at radius 1 is 0.972 bits per heavy atom. The molecule has 1 unspecified atom stereocenters. The monoisotopic (exact) mass is 477 g/mol. The predicted octanol–water partition coefficient (Wildman–Crippen LogP) is 7.20. The van der Waals surface area contributed by atoms with E-state index in [1.165, 1.54) is 46.5 Å². The minimum atomic E-state index is -0.213. The van der Waals surface area contributed by atoms with Crippen molar-refractivity contribution in [3.63, 3.8) is 0 Å². The van der Waals surface area contributed by atoms with Crippen LogP contribution < -0.4 is 15.8 Å². The normalized spacial score (nSPS) is 21.4. The number of allylic oxidation sites excluding steroid dienone is 4. The highest BCUT2D eigenvalue weighted by Crippen LogP contribution is 2.49. The minimum absolute atomic E-state index is 0.213. The molecule has 1 heterocycles. The molecule has 0 radical (unpaired) electrons. The van der Waals surface area contributed by atoms with Crippen LogP contribution >= 0.6 is 0 Å². The summed E-state index contributed by atoms with van der Waals surface area (Å²) in [6.45, 7) is 3.21. The molecule has 3 aromatic rings. The molecule has 0 spiro atoms. The second kappa shape index (κ2) is 9.79. The lowest BCUT2D eigenvalue weighted by molar-refractivity contribution is 0.407.